The molecule has 10 aromatic rings. The summed E-state index contributed by atoms with van der Waals surface area (Å²) < 4.78 is 0. The van der Waals surface area contributed by atoms with Gasteiger partial charge in [-0.3, -0.25) is 4.98 Å². The van der Waals surface area contributed by atoms with Crippen molar-refractivity contribution in [2.45, 2.75) is 13.1 Å². The molecule has 0 saturated heterocycles. The molecule has 0 atom stereocenters. The molecule has 0 amide bonds. The minimum Gasteiger partial charge on any atom is -0.254 e. The van der Waals surface area contributed by atoms with Crippen LogP contribution in [0.4, 0.5) is 0 Å². The Morgan fingerprint density at radius 1 is 0.431 bits per heavy atom. The first kappa shape index (κ1) is 28.6. The maximum absolute atomic E-state index is 5.64. The van der Waals surface area contributed by atoms with E-state index in [2.05, 4.69) is 153 Å². The number of fused-ring (bicyclic) bond motifs is 12. The highest BCUT2D eigenvalue weighted by molar-refractivity contribution is 7.04. The van der Waals surface area contributed by atoms with E-state index in [4.69, 9.17) is 15.0 Å². The molecule has 0 saturated carbocycles. The Morgan fingerprint density at radius 2 is 1.04 bits per heavy atom. The zero-order valence-corrected chi connectivity index (χ0v) is 29.3. The molecule has 7 aromatic carbocycles. The molecule has 0 aliphatic carbocycles. The van der Waals surface area contributed by atoms with Crippen LogP contribution in [0.1, 0.15) is 0 Å². The minimum atomic E-state index is -1.84. The van der Waals surface area contributed by atoms with Crippen molar-refractivity contribution in [3.63, 3.8) is 0 Å². The number of benzene rings is 7. The van der Waals surface area contributed by atoms with Crippen LogP contribution in [-0.4, -0.2) is 23.0 Å². The Labute approximate surface area is 295 Å². The van der Waals surface area contributed by atoms with Crippen molar-refractivity contribution < 1.29 is 0 Å². The van der Waals surface area contributed by atoms with Gasteiger partial charge >= 0.3 is 0 Å². The fourth-order valence-electron chi connectivity index (χ4n) is 8.95. The average molecular weight is 666 g/mol. The SMILES string of the molecule is C[Si]1(C)c2ccccc2-c2c1ccc1nc(-c3c4ccccc4c(-c4ccc5ccc6cccnc6c5n4)c4ccccc34)c3ccccc3c21. The molecule has 4 heterocycles. The van der Waals surface area contributed by atoms with Crippen molar-refractivity contribution >= 4 is 83.5 Å². The van der Waals surface area contributed by atoms with Gasteiger partial charge in [-0.2, -0.15) is 0 Å². The van der Waals surface area contributed by atoms with Crippen molar-refractivity contribution in [1.29, 1.82) is 0 Å². The van der Waals surface area contributed by atoms with Crippen molar-refractivity contribution in [3.8, 4) is 33.6 Å². The standard InChI is InChI=1S/C47H31N3Si/c1-51(2)39-20-10-9-19-36(39)44-40(51)26-25-38-43(44)34-17-7-8-18-35(34)47(50-38)42-32-15-5-3-13-30(32)41(31-14-4-6-16-33(31)42)37-24-23-29-22-21-28-12-11-27-48-45(28)46(29)49-37/h3-27H,1-2H3. The van der Waals surface area contributed by atoms with E-state index in [1.54, 1.807) is 0 Å². The van der Waals surface area contributed by atoms with Gasteiger partial charge in [0, 0.05) is 38.9 Å². The van der Waals surface area contributed by atoms with Gasteiger partial charge in [0.05, 0.1) is 27.9 Å². The van der Waals surface area contributed by atoms with E-state index in [-0.39, 0.29) is 0 Å². The summed E-state index contributed by atoms with van der Waals surface area (Å²) in [5, 5.41) is 13.5. The second-order valence-corrected chi connectivity index (χ2v) is 18.6. The zero-order valence-electron chi connectivity index (χ0n) is 28.3. The fourth-order valence-corrected chi connectivity index (χ4v) is 12.0. The first-order valence-corrected chi connectivity index (χ1v) is 20.6. The Hall–Kier alpha value is -6.23. The zero-order chi connectivity index (χ0) is 33.8. The van der Waals surface area contributed by atoms with E-state index < -0.39 is 8.07 Å². The lowest BCUT2D eigenvalue weighted by Crippen LogP contribution is -2.49. The molecule has 4 heteroatoms. The van der Waals surface area contributed by atoms with Crippen LogP contribution in [0.25, 0.3) is 98.7 Å². The molecule has 238 valence electrons. The summed E-state index contributed by atoms with van der Waals surface area (Å²) in [5.41, 5.74) is 9.89. The van der Waals surface area contributed by atoms with Gasteiger partial charge in [-0.25, -0.2) is 9.97 Å². The fraction of sp³-hybridized carbons (Fsp3) is 0.0426. The van der Waals surface area contributed by atoms with Gasteiger partial charge in [0.15, 0.2) is 0 Å². The van der Waals surface area contributed by atoms with Gasteiger partial charge in [-0.1, -0.05) is 140 Å². The van der Waals surface area contributed by atoms with E-state index in [0.29, 0.717) is 0 Å². The van der Waals surface area contributed by atoms with E-state index in [0.717, 1.165) is 60.6 Å². The van der Waals surface area contributed by atoms with Crippen LogP contribution in [-0.2, 0) is 0 Å². The van der Waals surface area contributed by atoms with E-state index in [1.807, 2.05) is 12.3 Å². The summed E-state index contributed by atoms with van der Waals surface area (Å²) in [6.45, 7) is 4.97. The van der Waals surface area contributed by atoms with Crippen LogP contribution < -0.4 is 10.4 Å². The molecule has 0 N–H and O–H groups in total. The number of hydrogen-bond acceptors (Lipinski definition) is 3. The van der Waals surface area contributed by atoms with E-state index in [1.165, 1.54) is 48.4 Å². The molecular weight excluding hydrogens is 635 g/mol. The van der Waals surface area contributed by atoms with Gasteiger partial charge in [0.1, 0.15) is 8.07 Å². The predicted octanol–water partition coefficient (Wildman–Crippen LogP) is 10.9. The lowest BCUT2D eigenvalue weighted by atomic mass is 9.86. The molecule has 1 aliphatic rings. The largest absolute Gasteiger partial charge is 0.254 e. The summed E-state index contributed by atoms with van der Waals surface area (Å²) in [6, 6.07) is 52.9. The van der Waals surface area contributed by atoms with E-state index in [9.17, 15) is 0 Å². The van der Waals surface area contributed by atoms with Gasteiger partial charge < -0.3 is 0 Å². The maximum Gasteiger partial charge on any atom is 0.113 e. The molecule has 3 nitrogen and oxygen atoms in total. The molecule has 0 unspecified atom stereocenters. The summed E-state index contributed by atoms with van der Waals surface area (Å²) in [6.07, 6.45) is 1.85. The van der Waals surface area contributed by atoms with Crippen LogP contribution in [0.3, 0.4) is 0 Å². The van der Waals surface area contributed by atoms with Crippen LogP contribution in [0.5, 0.6) is 0 Å². The maximum atomic E-state index is 5.64. The number of hydrogen-bond donors (Lipinski definition) is 0. The number of rotatable bonds is 2. The number of aromatic nitrogens is 3. The molecular formula is C47H31N3Si. The lowest BCUT2D eigenvalue weighted by Gasteiger charge is -2.20. The smallest absolute Gasteiger partial charge is 0.113 e. The van der Waals surface area contributed by atoms with Crippen molar-refractivity contribution in [2.24, 2.45) is 0 Å². The molecule has 0 radical (unpaired) electrons. The Balaban J connectivity index is 1.25. The van der Waals surface area contributed by atoms with Gasteiger partial charge in [-0.05, 0) is 66.6 Å². The van der Waals surface area contributed by atoms with Crippen LogP contribution in [0.15, 0.2) is 152 Å². The van der Waals surface area contributed by atoms with Crippen molar-refractivity contribution in [3.05, 3.63) is 152 Å². The van der Waals surface area contributed by atoms with Crippen molar-refractivity contribution in [1.82, 2.24) is 15.0 Å². The molecule has 11 rings (SSSR count). The predicted molar refractivity (Wildman–Crippen MR) is 218 cm³/mol. The van der Waals surface area contributed by atoms with Gasteiger partial charge in [0.25, 0.3) is 0 Å². The topological polar surface area (TPSA) is 38.7 Å². The highest BCUT2D eigenvalue weighted by Gasteiger charge is 2.38. The average Bonchev–Trinajstić information content (AvgIpc) is 3.42. The normalized spacial score (nSPS) is 13.5. The third kappa shape index (κ3) is 3.91. The van der Waals surface area contributed by atoms with Crippen LogP contribution >= 0.6 is 0 Å². The highest BCUT2D eigenvalue weighted by Crippen LogP contribution is 2.46. The first-order chi connectivity index (χ1) is 25.1. The molecule has 0 spiro atoms. The quantitative estimate of drug-likeness (QED) is 0.105. The molecule has 1 aliphatic heterocycles. The first-order valence-electron chi connectivity index (χ1n) is 17.6. The Bertz CT molecular complexity index is 3070. The number of nitrogens with zero attached hydrogens (tertiary/aromatic N) is 3. The molecule has 51 heavy (non-hydrogen) atoms. The summed E-state index contributed by atoms with van der Waals surface area (Å²) in [7, 11) is -1.84. The van der Waals surface area contributed by atoms with Crippen LogP contribution in [0, 0.1) is 0 Å². The van der Waals surface area contributed by atoms with Gasteiger partial charge in [-0.15, -0.1) is 0 Å². The third-order valence-electron chi connectivity index (χ3n) is 11.3. The monoisotopic (exact) mass is 665 g/mol. The van der Waals surface area contributed by atoms with Gasteiger partial charge in [0.2, 0.25) is 0 Å². The van der Waals surface area contributed by atoms with Crippen molar-refractivity contribution in [2.75, 3.05) is 0 Å². The number of pyridine rings is 3. The lowest BCUT2D eigenvalue weighted by molar-refractivity contribution is 1.38. The second kappa shape index (κ2) is 10.4. The van der Waals surface area contributed by atoms with Crippen LogP contribution in [0.2, 0.25) is 13.1 Å². The second-order valence-electron chi connectivity index (χ2n) is 14.3. The highest BCUT2D eigenvalue weighted by atomic mass is 28.3. The summed E-state index contributed by atoms with van der Waals surface area (Å²) in [4.78, 5) is 15.7. The third-order valence-corrected chi connectivity index (χ3v) is 14.8. The Kier molecular flexibility index (Phi) is 5.83. The molecule has 0 fully saturated rings. The van der Waals surface area contributed by atoms with E-state index >= 15 is 0 Å². The molecule has 3 aromatic heterocycles. The summed E-state index contributed by atoms with van der Waals surface area (Å²) in [5.74, 6) is 0. The molecule has 0 bridgehead atoms. The Morgan fingerprint density at radius 3 is 1.78 bits per heavy atom. The summed E-state index contributed by atoms with van der Waals surface area (Å²) >= 11 is 0. The minimum absolute atomic E-state index is 0.922.